The molecule has 19 heavy (non-hydrogen) atoms. The van der Waals surface area contributed by atoms with E-state index in [2.05, 4.69) is 15.6 Å². The number of anilines is 1. The minimum absolute atomic E-state index is 0.0560. The van der Waals surface area contributed by atoms with Gasteiger partial charge in [-0.05, 0) is 18.9 Å². The highest BCUT2D eigenvalue weighted by Gasteiger charge is 2.28. The number of nitrogens with one attached hydrogen (secondary N) is 2. The molecule has 6 nitrogen and oxygen atoms in total. The molecule has 1 saturated carbocycles. The smallest absolute Gasteiger partial charge is 0.253 e. The number of hydrogen-bond donors (Lipinski definition) is 3. The van der Waals surface area contributed by atoms with Gasteiger partial charge in [-0.3, -0.25) is 9.59 Å². The van der Waals surface area contributed by atoms with Crippen molar-refractivity contribution in [3.63, 3.8) is 0 Å². The monoisotopic (exact) mass is 282 g/mol. The van der Waals surface area contributed by atoms with Crippen LogP contribution in [0.1, 0.15) is 23.2 Å². The van der Waals surface area contributed by atoms with E-state index >= 15 is 0 Å². The molecule has 102 valence electrons. The number of aromatic nitrogens is 1. The summed E-state index contributed by atoms with van der Waals surface area (Å²) in [4.78, 5) is 26.9. The standard InChI is InChI=1S/C12H15ClN4O2/c13-9-6-17-10(14)5-8(9)12(19)16-4-3-15-11(18)7-1-2-7/h5-7H,1-4H2,(H2,14,17)(H,15,18)(H,16,19). The third kappa shape index (κ3) is 3.82. The van der Waals surface area contributed by atoms with Gasteiger partial charge < -0.3 is 16.4 Å². The predicted molar refractivity (Wildman–Crippen MR) is 71.7 cm³/mol. The summed E-state index contributed by atoms with van der Waals surface area (Å²) in [6.07, 6.45) is 3.26. The van der Waals surface area contributed by atoms with Crippen LogP contribution in [0.4, 0.5) is 5.82 Å². The first-order chi connectivity index (χ1) is 9.08. The Morgan fingerprint density at radius 2 is 2.05 bits per heavy atom. The van der Waals surface area contributed by atoms with Crippen molar-refractivity contribution in [3.8, 4) is 0 Å². The van der Waals surface area contributed by atoms with Crippen LogP contribution in [-0.2, 0) is 4.79 Å². The van der Waals surface area contributed by atoms with Gasteiger partial charge in [0.05, 0.1) is 10.6 Å². The molecule has 0 bridgehead atoms. The summed E-state index contributed by atoms with van der Waals surface area (Å²) in [7, 11) is 0. The minimum Gasteiger partial charge on any atom is -0.384 e. The average molecular weight is 283 g/mol. The number of rotatable bonds is 5. The first-order valence-electron chi connectivity index (χ1n) is 6.05. The van der Waals surface area contributed by atoms with Crippen molar-refractivity contribution in [1.82, 2.24) is 15.6 Å². The number of pyridine rings is 1. The van der Waals surface area contributed by atoms with Gasteiger partial charge >= 0.3 is 0 Å². The zero-order chi connectivity index (χ0) is 13.8. The Hall–Kier alpha value is -1.82. The number of carbonyl (C=O) groups is 2. The lowest BCUT2D eigenvalue weighted by Gasteiger charge is -2.08. The molecule has 0 aliphatic heterocycles. The maximum atomic E-state index is 11.8. The molecule has 2 rings (SSSR count). The van der Waals surface area contributed by atoms with Crippen LogP contribution in [0.3, 0.4) is 0 Å². The molecule has 1 aliphatic rings. The fourth-order valence-electron chi connectivity index (χ4n) is 1.58. The molecule has 1 fully saturated rings. The highest BCUT2D eigenvalue weighted by molar-refractivity contribution is 6.33. The minimum atomic E-state index is -0.334. The van der Waals surface area contributed by atoms with Gasteiger partial charge in [0.1, 0.15) is 5.82 Å². The summed E-state index contributed by atoms with van der Waals surface area (Å²) in [5.74, 6) is 0.127. The van der Waals surface area contributed by atoms with Crippen molar-refractivity contribution in [2.45, 2.75) is 12.8 Å². The Bertz CT molecular complexity index is 503. The maximum Gasteiger partial charge on any atom is 0.253 e. The number of amides is 2. The van der Waals surface area contributed by atoms with Crippen molar-refractivity contribution < 1.29 is 9.59 Å². The zero-order valence-corrected chi connectivity index (χ0v) is 11.0. The molecule has 0 spiro atoms. The highest BCUT2D eigenvalue weighted by atomic mass is 35.5. The summed E-state index contributed by atoms with van der Waals surface area (Å²) >= 11 is 5.86. The Morgan fingerprint density at radius 1 is 1.37 bits per heavy atom. The van der Waals surface area contributed by atoms with Gasteiger partial charge in [0.25, 0.3) is 5.91 Å². The van der Waals surface area contributed by atoms with Crippen LogP contribution in [0.15, 0.2) is 12.3 Å². The van der Waals surface area contributed by atoms with E-state index in [0.29, 0.717) is 13.1 Å². The quantitative estimate of drug-likeness (QED) is 0.688. The molecule has 4 N–H and O–H groups in total. The van der Waals surface area contributed by atoms with Crippen molar-refractivity contribution in [3.05, 3.63) is 22.8 Å². The molecule has 1 aliphatic carbocycles. The van der Waals surface area contributed by atoms with Gasteiger partial charge in [-0.1, -0.05) is 11.6 Å². The van der Waals surface area contributed by atoms with E-state index in [1.807, 2.05) is 0 Å². The first-order valence-corrected chi connectivity index (χ1v) is 6.42. The third-order valence-electron chi connectivity index (χ3n) is 2.78. The molecule has 0 saturated heterocycles. The van der Waals surface area contributed by atoms with Crippen LogP contribution in [0.5, 0.6) is 0 Å². The Balaban J connectivity index is 1.77. The van der Waals surface area contributed by atoms with Crippen molar-refractivity contribution in [2.75, 3.05) is 18.8 Å². The van der Waals surface area contributed by atoms with Crippen LogP contribution in [0.2, 0.25) is 5.02 Å². The van der Waals surface area contributed by atoms with Gasteiger partial charge in [0.2, 0.25) is 5.91 Å². The van der Waals surface area contributed by atoms with E-state index in [1.54, 1.807) is 0 Å². The number of nitrogens with two attached hydrogens (primary N) is 1. The van der Waals surface area contributed by atoms with E-state index < -0.39 is 0 Å². The Morgan fingerprint density at radius 3 is 2.74 bits per heavy atom. The average Bonchev–Trinajstić information content (AvgIpc) is 3.21. The van der Waals surface area contributed by atoms with Gasteiger partial charge in [0.15, 0.2) is 0 Å². The molecule has 2 amide bonds. The second-order valence-corrected chi connectivity index (χ2v) is 4.82. The molecule has 0 unspecified atom stereocenters. The Kier molecular flexibility index (Phi) is 4.21. The fraction of sp³-hybridized carbons (Fsp3) is 0.417. The second kappa shape index (κ2) is 5.88. The summed E-state index contributed by atoms with van der Waals surface area (Å²) in [6.45, 7) is 0.745. The van der Waals surface area contributed by atoms with Gasteiger partial charge in [-0.25, -0.2) is 4.98 Å². The first kappa shape index (κ1) is 13.6. The van der Waals surface area contributed by atoms with Crippen molar-refractivity contribution in [1.29, 1.82) is 0 Å². The molecular weight excluding hydrogens is 268 g/mol. The maximum absolute atomic E-state index is 11.8. The number of carbonyl (C=O) groups excluding carboxylic acids is 2. The van der Waals surface area contributed by atoms with Crippen LogP contribution in [0.25, 0.3) is 0 Å². The number of hydrogen-bond acceptors (Lipinski definition) is 4. The zero-order valence-electron chi connectivity index (χ0n) is 10.3. The molecule has 1 aromatic heterocycles. The molecule has 1 heterocycles. The largest absolute Gasteiger partial charge is 0.384 e. The summed E-state index contributed by atoms with van der Waals surface area (Å²) in [5, 5.41) is 5.66. The lowest BCUT2D eigenvalue weighted by atomic mass is 10.2. The van der Waals surface area contributed by atoms with E-state index in [-0.39, 0.29) is 34.1 Å². The number of halogens is 1. The third-order valence-corrected chi connectivity index (χ3v) is 3.08. The van der Waals surface area contributed by atoms with Gasteiger partial charge in [0, 0.05) is 25.2 Å². The van der Waals surface area contributed by atoms with Crippen molar-refractivity contribution >= 4 is 29.2 Å². The molecule has 0 atom stereocenters. The normalized spacial score (nSPS) is 13.9. The van der Waals surface area contributed by atoms with Gasteiger partial charge in [-0.15, -0.1) is 0 Å². The lowest BCUT2D eigenvalue weighted by Crippen LogP contribution is -2.35. The van der Waals surface area contributed by atoms with Crippen LogP contribution in [-0.4, -0.2) is 29.9 Å². The molecular formula is C12H15ClN4O2. The van der Waals surface area contributed by atoms with E-state index in [1.165, 1.54) is 12.3 Å². The SMILES string of the molecule is Nc1cc(C(=O)NCCNC(=O)C2CC2)c(Cl)cn1. The summed E-state index contributed by atoms with van der Waals surface area (Å²) in [5.41, 5.74) is 5.77. The second-order valence-electron chi connectivity index (χ2n) is 4.41. The summed E-state index contributed by atoms with van der Waals surface area (Å²) < 4.78 is 0. The molecule has 7 heteroatoms. The Labute approximate surface area is 115 Å². The predicted octanol–water partition coefficient (Wildman–Crippen LogP) is 0.573. The van der Waals surface area contributed by atoms with Gasteiger partial charge in [-0.2, -0.15) is 0 Å². The number of nitrogen functional groups attached to an aromatic ring is 1. The van der Waals surface area contributed by atoms with Crippen LogP contribution in [0, 0.1) is 5.92 Å². The highest BCUT2D eigenvalue weighted by Crippen LogP contribution is 2.28. The fourth-order valence-corrected chi connectivity index (χ4v) is 1.76. The molecule has 0 aromatic carbocycles. The van der Waals surface area contributed by atoms with E-state index in [4.69, 9.17) is 17.3 Å². The van der Waals surface area contributed by atoms with Crippen molar-refractivity contribution in [2.24, 2.45) is 5.92 Å². The lowest BCUT2D eigenvalue weighted by molar-refractivity contribution is -0.122. The van der Waals surface area contributed by atoms with E-state index in [0.717, 1.165) is 12.8 Å². The van der Waals surface area contributed by atoms with Crippen LogP contribution < -0.4 is 16.4 Å². The molecule has 1 aromatic rings. The number of nitrogens with zero attached hydrogens (tertiary/aromatic N) is 1. The summed E-state index contributed by atoms with van der Waals surface area (Å²) in [6, 6.07) is 1.42. The molecule has 0 radical (unpaired) electrons. The van der Waals surface area contributed by atoms with Crippen LogP contribution >= 0.6 is 11.6 Å². The van der Waals surface area contributed by atoms with E-state index in [9.17, 15) is 9.59 Å². The topological polar surface area (TPSA) is 97.1 Å².